The predicted octanol–water partition coefficient (Wildman–Crippen LogP) is 2.34. The van der Waals surface area contributed by atoms with Crippen LogP contribution in [0.4, 0.5) is 14.4 Å². The Balaban J connectivity index is 0.000000353. The van der Waals surface area contributed by atoms with Gasteiger partial charge in [0.05, 0.1) is 10.5 Å². The van der Waals surface area contributed by atoms with Crippen molar-refractivity contribution in [2.24, 2.45) is 11.8 Å². The molecule has 3 rings (SSSR count). The van der Waals surface area contributed by atoms with Gasteiger partial charge in [0, 0.05) is 63.6 Å². The second-order valence-electron chi connectivity index (χ2n) is 13.6. The molecule has 1 aromatic rings. The molecule has 0 radical (unpaired) electrons. The minimum absolute atomic E-state index is 0.0642. The molecule has 3 amide bonds. The number of hydrogen-bond donors (Lipinski definition) is 3. The fourth-order valence-electron chi connectivity index (χ4n) is 4.61. The first-order valence-electron chi connectivity index (χ1n) is 15.0. The maximum absolute atomic E-state index is 12.1. The Morgan fingerprint density at radius 3 is 1.61 bits per heavy atom. The molecule has 0 spiro atoms. The molecule has 14 nitrogen and oxygen atoms in total. The zero-order chi connectivity index (χ0) is 34.9. The maximum Gasteiger partial charge on any atom is 0.410 e. The lowest BCUT2D eigenvalue weighted by Gasteiger charge is -2.41. The quantitative estimate of drug-likeness (QED) is 0.306. The lowest BCUT2D eigenvalue weighted by atomic mass is 9.96. The third-order valence-electron chi connectivity index (χ3n) is 7.03. The third kappa shape index (κ3) is 14.1. The van der Waals surface area contributed by atoms with Crippen LogP contribution < -0.4 is 16.0 Å². The van der Waals surface area contributed by atoms with Gasteiger partial charge in [0.1, 0.15) is 17.8 Å². The number of alkyl carbamates (subject to hydrolysis) is 2. The van der Waals surface area contributed by atoms with Gasteiger partial charge in [-0.1, -0.05) is 30.3 Å². The summed E-state index contributed by atoms with van der Waals surface area (Å²) in [5.74, 6) is -0.204. The number of carbonyl (C=O) groups excluding carboxylic acids is 3. The van der Waals surface area contributed by atoms with Crippen LogP contribution in [0.2, 0.25) is 0 Å². The molecule has 262 valence electrons. The highest BCUT2D eigenvalue weighted by Crippen LogP contribution is 2.25. The van der Waals surface area contributed by atoms with Crippen molar-refractivity contribution >= 4 is 38.0 Å². The van der Waals surface area contributed by atoms with E-state index in [0.29, 0.717) is 13.1 Å². The van der Waals surface area contributed by atoms with Crippen molar-refractivity contribution < 1.29 is 45.4 Å². The van der Waals surface area contributed by atoms with Crippen LogP contribution in [0.3, 0.4) is 0 Å². The number of nitrogens with one attached hydrogen (secondary N) is 3. The maximum atomic E-state index is 12.1. The summed E-state index contributed by atoms with van der Waals surface area (Å²) < 4.78 is 63.0. The Hall–Kier alpha value is -3.11. The van der Waals surface area contributed by atoms with E-state index in [-0.39, 0.29) is 44.6 Å². The summed E-state index contributed by atoms with van der Waals surface area (Å²) in [6.07, 6.45) is 0.605. The van der Waals surface area contributed by atoms with E-state index < -0.39 is 59.7 Å². The minimum Gasteiger partial charge on any atom is -0.445 e. The van der Waals surface area contributed by atoms with E-state index in [1.807, 2.05) is 30.3 Å². The molecule has 2 aliphatic heterocycles. The normalized spacial score (nSPS) is 17.2. The lowest BCUT2D eigenvalue weighted by Crippen LogP contribution is -2.58. The average molecular weight is 691 g/mol. The molecule has 2 fully saturated rings. The zero-order valence-corrected chi connectivity index (χ0v) is 29.6. The number of ether oxygens (including phenoxy) is 3. The van der Waals surface area contributed by atoms with E-state index in [9.17, 15) is 31.2 Å². The van der Waals surface area contributed by atoms with E-state index in [1.165, 1.54) is 11.2 Å². The summed E-state index contributed by atoms with van der Waals surface area (Å²) in [4.78, 5) is 36.8. The molecule has 2 saturated heterocycles. The Morgan fingerprint density at radius 1 is 0.804 bits per heavy atom. The van der Waals surface area contributed by atoms with Crippen molar-refractivity contribution in [2.75, 3.05) is 51.8 Å². The Bertz CT molecular complexity index is 1380. The highest BCUT2D eigenvalue weighted by atomic mass is 32.2. The molecule has 2 heterocycles. The number of benzene rings is 1. The van der Waals surface area contributed by atoms with Gasteiger partial charge in [-0.25, -0.2) is 31.2 Å². The van der Waals surface area contributed by atoms with Gasteiger partial charge in [0.25, 0.3) is 0 Å². The molecule has 0 aliphatic carbocycles. The van der Waals surface area contributed by atoms with Crippen molar-refractivity contribution in [3.63, 3.8) is 0 Å². The summed E-state index contributed by atoms with van der Waals surface area (Å²) in [5, 5.41) is 6.73. The summed E-state index contributed by atoms with van der Waals surface area (Å²) in [6.45, 7) is 12.5. The van der Waals surface area contributed by atoms with Crippen LogP contribution in [0.25, 0.3) is 0 Å². The highest BCUT2D eigenvalue weighted by Gasteiger charge is 2.42. The number of sulfone groups is 2. The second kappa shape index (κ2) is 16.1. The van der Waals surface area contributed by atoms with Crippen LogP contribution in [0, 0.1) is 11.8 Å². The topological polar surface area (TPSA) is 187 Å². The summed E-state index contributed by atoms with van der Waals surface area (Å²) >= 11 is 0. The fourth-order valence-corrected chi connectivity index (χ4v) is 7.15. The van der Waals surface area contributed by atoms with Gasteiger partial charge < -0.3 is 35.1 Å². The van der Waals surface area contributed by atoms with E-state index >= 15 is 0 Å². The van der Waals surface area contributed by atoms with Gasteiger partial charge in [0.2, 0.25) is 0 Å². The van der Waals surface area contributed by atoms with Crippen molar-refractivity contribution in [1.29, 1.82) is 0 Å². The summed E-state index contributed by atoms with van der Waals surface area (Å²) in [7, 11) is -6.59. The van der Waals surface area contributed by atoms with Gasteiger partial charge in [-0.2, -0.15) is 0 Å². The van der Waals surface area contributed by atoms with E-state index in [4.69, 9.17) is 14.2 Å². The summed E-state index contributed by atoms with van der Waals surface area (Å²) in [6, 6.07) is 9.30. The van der Waals surface area contributed by atoms with Crippen LogP contribution in [-0.2, 0) is 40.5 Å². The second-order valence-corrected chi connectivity index (χ2v) is 18.2. The number of hydrogen-bond acceptors (Lipinski definition) is 11. The molecule has 2 atom stereocenters. The van der Waals surface area contributed by atoms with Crippen molar-refractivity contribution in [3.8, 4) is 0 Å². The third-order valence-corrected chi connectivity index (χ3v) is 10.3. The van der Waals surface area contributed by atoms with Gasteiger partial charge in [-0.3, -0.25) is 0 Å². The molecule has 1 aromatic carbocycles. The van der Waals surface area contributed by atoms with Crippen LogP contribution >= 0.6 is 0 Å². The monoisotopic (exact) mass is 690 g/mol. The molecule has 3 N–H and O–H groups in total. The Kier molecular flexibility index (Phi) is 13.7. The lowest BCUT2D eigenvalue weighted by molar-refractivity contribution is 0.0434. The van der Waals surface area contributed by atoms with Crippen molar-refractivity contribution in [2.45, 2.75) is 69.9 Å². The van der Waals surface area contributed by atoms with Crippen LogP contribution in [0.5, 0.6) is 0 Å². The number of carbonyl (C=O) groups is 3. The first-order chi connectivity index (χ1) is 21.0. The number of nitrogens with zero attached hydrogens (tertiary/aromatic N) is 1. The minimum atomic E-state index is -3.42. The average Bonchev–Trinajstić information content (AvgIpc) is 2.82. The van der Waals surface area contributed by atoms with Gasteiger partial charge in [0.15, 0.2) is 19.7 Å². The fraction of sp³-hybridized carbons (Fsp3) is 0.700. The largest absolute Gasteiger partial charge is 0.445 e. The van der Waals surface area contributed by atoms with Crippen LogP contribution in [-0.4, -0.2) is 113 Å². The molecule has 2 aliphatic rings. The smallest absolute Gasteiger partial charge is 0.410 e. The Morgan fingerprint density at radius 2 is 1.24 bits per heavy atom. The molecule has 2 unspecified atom stereocenters. The SMILES string of the molecule is CC(C)(C)OC(=O)NCC(C1CN(C(=O)OCc2ccccc2)C1)S(C)(=O)=O.CC(C)(C)OC(=O)NCC(C1CNC1)S(C)(=O)=O. The first kappa shape index (κ1) is 39.1. The van der Waals surface area contributed by atoms with E-state index in [0.717, 1.165) is 11.8 Å². The summed E-state index contributed by atoms with van der Waals surface area (Å²) in [5.41, 5.74) is -0.369. The van der Waals surface area contributed by atoms with Crippen LogP contribution in [0.1, 0.15) is 47.1 Å². The molecule has 46 heavy (non-hydrogen) atoms. The standard InChI is InChI=1S/C19H28N2O6S.C11H22N2O4S/c1-19(2,3)27-17(22)20-10-16(28(4,24)25)15-11-21(12-15)18(23)26-13-14-8-6-5-7-9-14;1-11(2,3)17-10(14)13-7-9(18(4,15)16)8-5-12-6-8/h5-9,15-16H,10-13H2,1-4H3,(H,20,22);8-9,12H,5-7H2,1-4H3,(H,13,14). The molecule has 0 saturated carbocycles. The van der Waals surface area contributed by atoms with Crippen molar-refractivity contribution in [3.05, 3.63) is 35.9 Å². The molecule has 16 heteroatoms. The number of amides is 3. The van der Waals surface area contributed by atoms with Gasteiger partial charge in [-0.05, 0) is 47.1 Å². The number of rotatable bonds is 10. The molecular formula is C30H50N4O10S2. The highest BCUT2D eigenvalue weighted by molar-refractivity contribution is 7.91. The molecule has 0 aromatic heterocycles. The Labute approximate surface area is 273 Å². The van der Waals surface area contributed by atoms with Gasteiger partial charge in [-0.15, -0.1) is 0 Å². The molecule has 0 bridgehead atoms. The molecular weight excluding hydrogens is 640 g/mol. The van der Waals surface area contributed by atoms with E-state index in [1.54, 1.807) is 41.5 Å². The first-order valence-corrected chi connectivity index (χ1v) is 18.9. The number of likely N-dealkylation sites (tertiary alicyclic amines) is 1. The van der Waals surface area contributed by atoms with Crippen molar-refractivity contribution in [1.82, 2.24) is 20.9 Å². The van der Waals surface area contributed by atoms with Gasteiger partial charge >= 0.3 is 18.3 Å². The van der Waals surface area contributed by atoms with Crippen LogP contribution in [0.15, 0.2) is 30.3 Å². The van der Waals surface area contributed by atoms with E-state index in [2.05, 4.69) is 16.0 Å². The zero-order valence-electron chi connectivity index (χ0n) is 28.0. The predicted molar refractivity (Wildman–Crippen MR) is 174 cm³/mol.